The summed E-state index contributed by atoms with van der Waals surface area (Å²) >= 11 is 0. The Morgan fingerprint density at radius 1 is 0.970 bits per heavy atom. The van der Waals surface area contributed by atoms with E-state index in [1.165, 1.54) is 9.36 Å². The van der Waals surface area contributed by atoms with Crippen LogP contribution in [0.25, 0.3) is 5.69 Å². The molecule has 0 saturated carbocycles. The summed E-state index contributed by atoms with van der Waals surface area (Å²) in [4.78, 5) is 17.7. The molecule has 0 aliphatic rings. The monoisotopic (exact) mass is 443 g/mol. The highest BCUT2D eigenvalue weighted by Crippen LogP contribution is 2.22. The number of oxime groups is 1. The van der Waals surface area contributed by atoms with Crippen LogP contribution in [-0.2, 0) is 18.5 Å². The van der Waals surface area contributed by atoms with Gasteiger partial charge in [0, 0.05) is 23.7 Å². The second kappa shape index (κ2) is 9.95. The molecule has 168 valence electrons. The van der Waals surface area contributed by atoms with Gasteiger partial charge in [-0.1, -0.05) is 59.8 Å². The smallest absolute Gasteiger partial charge is 0.368 e. The van der Waals surface area contributed by atoms with Crippen molar-refractivity contribution in [2.75, 3.05) is 6.61 Å². The van der Waals surface area contributed by atoms with Gasteiger partial charge >= 0.3 is 5.69 Å². The number of hydrogen-bond donors (Lipinski definition) is 0. The van der Waals surface area contributed by atoms with E-state index in [0.29, 0.717) is 18.0 Å². The SMILES string of the molecule is CCON=C(c1ccccc1)c1cccc(OCc2c(C)cccc2-n2nnn(C)c2=O)c1. The fraction of sp³-hybridized carbons (Fsp3) is 0.200. The molecule has 0 amide bonds. The Bertz CT molecular complexity index is 1330. The molecule has 0 radical (unpaired) electrons. The normalized spacial score (nSPS) is 11.4. The van der Waals surface area contributed by atoms with Gasteiger partial charge in [0.15, 0.2) is 0 Å². The van der Waals surface area contributed by atoms with Gasteiger partial charge in [0.2, 0.25) is 0 Å². The van der Waals surface area contributed by atoms with Crippen molar-refractivity contribution in [3.05, 3.63) is 106 Å². The van der Waals surface area contributed by atoms with Crippen LogP contribution in [0, 0.1) is 6.92 Å². The summed E-state index contributed by atoms with van der Waals surface area (Å²) in [6.07, 6.45) is 0. The van der Waals surface area contributed by atoms with Gasteiger partial charge < -0.3 is 9.57 Å². The number of nitrogens with zero attached hydrogens (tertiary/aromatic N) is 5. The first kappa shape index (κ1) is 22.0. The third-order valence-electron chi connectivity index (χ3n) is 5.16. The number of ether oxygens (including phenoxy) is 1. The molecule has 3 aromatic carbocycles. The summed E-state index contributed by atoms with van der Waals surface area (Å²) in [5.41, 5.74) is 4.73. The van der Waals surface area contributed by atoms with E-state index in [9.17, 15) is 4.79 Å². The van der Waals surface area contributed by atoms with Gasteiger partial charge in [-0.05, 0) is 48.0 Å². The lowest BCUT2D eigenvalue weighted by Gasteiger charge is -2.14. The minimum Gasteiger partial charge on any atom is -0.489 e. The Labute approximate surface area is 191 Å². The summed E-state index contributed by atoms with van der Waals surface area (Å²) < 4.78 is 8.62. The van der Waals surface area contributed by atoms with Gasteiger partial charge in [0.1, 0.15) is 24.7 Å². The number of aromatic nitrogens is 4. The van der Waals surface area contributed by atoms with Gasteiger partial charge in [-0.15, -0.1) is 0 Å². The van der Waals surface area contributed by atoms with Gasteiger partial charge in [-0.3, -0.25) is 0 Å². The second-order valence-corrected chi connectivity index (χ2v) is 7.41. The summed E-state index contributed by atoms with van der Waals surface area (Å²) in [6.45, 7) is 4.61. The fourth-order valence-electron chi connectivity index (χ4n) is 3.42. The van der Waals surface area contributed by atoms with Crippen molar-refractivity contribution in [3.8, 4) is 11.4 Å². The standard InChI is InChI=1S/C25H25N5O3/c1-4-33-26-24(19-11-6-5-7-12-19)20-13-9-14-21(16-20)32-17-22-18(2)10-8-15-23(22)30-25(31)29(3)27-28-30/h5-16H,4,17H2,1-3H3. The lowest BCUT2D eigenvalue weighted by Crippen LogP contribution is -2.23. The minimum atomic E-state index is -0.316. The van der Waals surface area contributed by atoms with Gasteiger partial charge in [0.25, 0.3) is 0 Å². The van der Waals surface area contributed by atoms with Crippen molar-refractivity contribution in [3.63, 3.8) is 0 Å². The van der Waals surface area contributed by atoms with Gasteiger partial charge in [-0.25, -0.2) is 4.79 Å². The molecule has 0 spiro atoms. The molecule has 0 saturated heterocycles. The third kappa shape index (κ3) is 4.85. The summed E-state index contributed by atoms with van der Waals surface area (Å²) in [7, 11) is 1.57. The van der Waals surface area contributed by atoms with Crippen molar-refractivity contribution in [2.45, 2.75) is 20.5 Å². The van der Waals surface area contributed by atoms with E-state index >= 15 is 0 Å². The number of tetrazole rings is 1. The highest BCUT2D eigenvalue weighted by molar-refractivity contribution is 6.12. The molecule has 1 heterocycles. The first-order valence-electron chi connectivity index (χ1n) is 10.6. The molecule has 0 fully saturated rings. The number of aryl methyl sites for hydroxylation is 2. The van der Waals surface area contributed by atoms with E-state index in [1.54, 1.807) is 7.05 Å². The molecule has 0 aliphatic heterocycles. The van der Waals surface area contributed by atoms with Crippen molar-refractivity contribution in [2.24, 2.45) is 12.2 Å². The zero-order valence-electron chi connectivity index (χ0n) is 18.8. The minimum absolute atomic E-state index is 0.262. The van der Waals surface area contributed by atoms with Crippen LogP contribution in [0.3, 0.4) is 0 Å². The van der Waals surface area contributed by atoms with Crippen LogP contribution in [0.1, 0.15) is 29.2 Å². The van der Waals surface area contributed by atoms with Crippen molar-refractivity contribution in [1.29, 1.82) is 0 Å². The molecule has 8 nitrogen and oxygen atoms in total. The molecular weight excluding hydrogens is 418 g/mol. The van der Waals surface area contributed by atoms with Gasteiger partial charge in [-0.2, -0.15) is 9.36 Å². The molecule has 0 N–H and O–H groups in total. The summed E-state index contributed by atoms with van der Waals surface area (Å²) in [6, 6.07) is 23.3. The largest absolute Gasteiger partial charge is 0.489 e. The van der Waals surface area contributed by atoms with Gasteiger partial charge in [0.05, 0.1) is 5.69 Å². The Morgan fingerprint density at radius 3 is 2.45 bits per heavy atom. The Morgan fingerprint density at radius 2 is 1.73 bits per heavy atom. The predicted molar refractivity (Wildman–Crippen MR) is 126 cm³/mol. The average Bonchev–Trinajstić information content (AvgIpc) is 3.17. The van der Waals surface area contributed by atoms with E-state index in [1.807, 2.05) is 86.6 Å². The number of hydrogen-bond acceptors (Lipinski definition) is 6. The number of benzene rings is 3. The zero-order valence-corrected chi connectivity index (χ0v) is 18.8. The van der Waals surface area contributed by atoms with Crippen LogP contribution < -0.4 is 10.4 Å². The average molecular weight is 444 g/mol. The Balaban J connectivity index is 1.63. The molecule has 4 rings (SSSR count). The Hall–Kier alpha value is -4.20. The first-order chi connectivity index (χ1) is 16.1. The molecular formula is C25H25N5O3. The van der Waals surface area contributed by atoms with Crippen LogP contribution in [0.5, 0.6) is 5.75 Å². The zero-order chi connectivity index (χ0) is 23.2. The van der Waals surface area contributed by atoms with Crippen molar-refractivity contribution >= 4 is 5.71 Å². The highest BCUT2D eigenvalue weighted by Gasteiger charge is 2.14. The highest BCUT2D eigenvalue weighted by atomic mass is 16.6. The van der Waals surface area contributed by atoms with Crippen LogP contribution in [0.15, 0.2) is 82.7 Å². The van der Waals surface area contributed by atoms with E-state index < -0.39 is 0 Å². The van der Waals surface area contributed by atoms with Crippen LogP contribution in [-0.4, -0.2) is 32.1 Å². The maximum atomic E-state index is 12.4. The van der Waals surface area contributed by atoms with Crippen molar-refractivity contribution in [1.82, 2.24) is 19.8 Å². The summed E-state index contributed by atoms with van der Waals surface area (Å²) in [5, 5.41) is 12.1. The molecule has 0 bridgehead atoms. The molecule has 0 aliphatic carbocycles. The number of rotatable bonds is 8. The molecule has 1 aromatic heterocycles. The summed E-state index contributed by atoms with van der Waals surface area (Å²) in [5.74, 6) is 0.674. The van der Waals surface area contributed by atoms with Crippen LogP contribution in [0.4, 0.5) is 0 Å². The lowest BCUT2D eigenvalue weighted by molar-refractivity contribution is 0.159. The quantitative estimate of drug-likeness (QED) is 0.307. The van der Waals surface area contributed by atoms with E-state index in [4.69, 9.17) is 9.57 Å². The molecule has 0 atom stereocenters. The lowest BCUT2D eigenvalue weighted by atomic mass is 10.0. The third-order valence-corrected chi connectivity index (χ3v) is 5.16. The van der Waals surface area contributed by atoms with E-state index in [2.05, 4.69) is 15.6 Å². The molecule has 8 heteroatoms. The van der Waals surface area contributed by atoms with Crippen LogP contribution >= 0.6 is 0 Å². The molecule has 33 heavy (non-hydrogen) atoms. The predicted octanol–water partition coefficient (Wildman–Crippen LogP) is 3.64. The maximum Gasteiger partial charge on any atom is 0.368 e. The molecule has 4 aromatic rings. The Kier molecular flexibility index (Phi) is 6.64. The van der Waals surface area contributed by atoms with Crippen LogP contribution in [0.2, 0.25) is 0 Å². The first-order valence-corrected chi connectivity index (χ1v) is 10.6. The topological polar surface area (TPSA) is 83.5 Å². The maximum absolute atomic E-state index is 12.4. The van der Waals surface area contributed by atoms with E-state index in [-0.39, 0.29) is 12.3 Å². The molecule has 0 unspecified atom stereocenters. The fourth-order valence-corrected chi connectivity index (χ4v) is 3.42. The second-order valence-electron chi connectivity index (χ2n) is 7.41. The van der Waals surface area contributed by atoms with E-state index in [0.717, 1.165) is 28.0 Å². The van der Waals surface area contributed by atoms with Crippen molar-refractivity contribution < 1.29 is 9.57 Å².